The molecular weight excluding hydrogens is 370 g/mol. The number of morpholine rings is 1. The molecule has 2 aromatic carbocycles. The number of rotatable bonds is 4. The van der Waals surface area contributed by atoms with Crippen LogP contribution in [0.4, 0.5) is 10.8 Å². The average Bonchev–Trinajstić information content (AvgIpc) is 3.21. The van der Waals surface area contributed by atoms with Gasteiger partial charge in [0.15, 0.2) is 5.13 Å². The Morgan fingerprint density at radius 1 is 1.07 bits per heavy atom. The zero-order chi connectivity index (χ0) is 19.5. The number of carbonyl (C=O) groups is 1. The zero-order valence-electron chi connectivity index (χ0n) is 16.1. The molecule has 0 radical (unpaired) electrons. The third kappa shape index (κ3) is 4.08. The molecule has 1 N–H and O–H groups in total. The maximum atomic E-state index is 12.5. The van der Waals surface area contributed by atoms with Gasteiger partial charge in [-0.1, -0.05) is 18.2 Å². The number of hydrogen-bond donors (Lipinski definition) is 1. The van der Waals surface area contributed by atoms with Crippen molar-refractivity contribution in [3.8, 4) is 11.3 Å². The highest BCUT2D eigenvalue weighted by atomic mass is 32.1. The van der Waals surface area contributed by atoms with Crippen molar-refractivity contribution in [1.82, 2.24) is 4.98 Å². The second-order valence-electron chi connectivity index (χ2n) is 6.95. The first-order valence-corrected chi connectivity index (χ1v) is 10.3. The van der Waals surface area contributed by atoms with Gasteiger partial charge in [0.25, 0.3) is 5.91 Å². The van der Waals surface area contributed by atoms with Crippen LogP contribution in [0.25, 0.3) is 11.3 Å². The number of carbonyl (C=O) groups excluding carboxylic acids is 1. The number of nitrogens with zero attached hydrogens (tertiary/aromatic N) is 2. The van der Waals surface area contributed by atoms with E-state index in [9.17, 15) is 4.79 Å². The Hall–Kier alpha value is -2.70. The monoisotopic (exact) mass is 393 g/mol. The van der Waals surface area contributed by atoms with E-state index in [0.717, 1.165) is 53.9 Å². The summed E-state index contributed by atoms with van der Waals surface area (Å²) in [6.07, 6.45) is 0. The van der Waals surface area contributed by atoms with Gasteiger partial charge in [-0.05, 0) is 49.2 Å². The number of benzene rings is 2. The van der Waals surface area contributed by atoms with Crippen LogP contribution in [0, 0.1) is 13.8 Å². The third-order valence-electron chi connectivity index (χ3n) is 4.98. The fourth-order valence-corrected chi connectivity index (χ4v) is 4.00. The molecule has 1 fully saturated rings. The number of amides is 1. The molecular formula is C22H23N3O2S. The van der Waals surface area contributed by atoms with E-state index in [0.29, 0.717) is 5.56 Å². The molecule has 1 saturated heterocycles. The highest BCUT2D eigenvalue weighted by molar-refractivity contribution is 7.14. The summed E-state index contributed by atoms with van der Waals surface area (Å²) in [7, 11) is 0. The molecule has 2 heterocycles. The van der Waals surface area contributed by atoms with Gasteiger partial charge in [0.2, 0.25) is 0 Å². The molecule has 1 aliphatic heterocycles. The molecule has 5 nitrogen and oxygen atoms in total. The van der Waals surface area contributed by atoms with E-state index in [4.69, 9.17) is 9.72 Å². The van der Waals surface area contributed by atoms with Crippen molar-refractivity contribution in [2.24, 2.45) is 0 Å². The third-order valence-corrected chi connectivity index (χ3v) is 5.88. The predicted octanol–water partition coefficient (Wildman–Crippen LogP) is 4.52. The second-order valence-corrected chi connectivity index (χ2v) is 7.78. The van der Waals surface area contributed by atoms with E-state index >= 15 is 0 Å². The number of anilines is 2. The topological polar surface area (TPSA) is 54.5 Å². The highest BCUT2D eigenvalue weighted by Crippen LogP contribution is 2.28. The molecule has 0 saturated carbocycles. The van der Waals surface area contributed by atoms with Crippen LogP contribution in [0.1, 0.15) is 21.5 Å². The smallest absolute Gasteiger partial charge is 0.255 e. The first kappa shape index (κ1) is 18.7. The van der Waals surface area contributed by atoms with E-state index in [2.05, 4.69) is 15.6 Å². The summed E-state index contributed by atoms with van der Waals surface area (Å²) in [5.41, 5.74) is 5.74. The quantitative estimate of drug-likeness (QED) is 0.708. The molecule has 3 aromatic rings. The van der Waals surface area contributed by atoms with E-state index in [1.807, 2.05) is 56.3 Å². The Kier molecular flexibility index (Phi) is 5.41. The number of hydrogen-bond acceptors (Lipinski definition) is 5. The van der Waals surface area contributed by atoms with Crippen molar-refractivity contribution in [3.05, 3.63) is 64.5 Å². The molecule has 6 heteroatoms. The van der Waals surface area contributed by atoms with Gasteiger partial charge in [0.05, 0.1) is 18.9 Å². The Morgan fingerprint density at radius 2 is 1.82 bits per heavy atom. The van der Waals surface area contributed by atoms with Crippen LogP contribution in [-0.2, 0) is 4.74 Å². The minimum Gasteiger partial charge on any atom is -0.378 e. The van der Waals surface area contributed by atoms with Gasteiger partial charge in [-0.2, -0.15) is 0 Å². The first-order chi connectivity index (χ1) is 13.6. The van der Waals surface area contributed by atoms with Gasteiger partial charge in [0, 0.05) is 35.3 Å². The number of ether oxygens (including phenoxy) is 1. The minimum atomic E-state index is -0.0980. The van der Waals surface area contributed by atoms with Crippen molar-refractivity contribution in [3.63, 3.8) is 0 Å². The Labute approximate surface area is 169 Å². The van der Waals surface area contributed by atoms with Crippen molar-refractivity contribution in [1.29, 1.82) is 0 Å². The molecule has 28 heavy (non-hydrogen) atoms. The van der Waals surface area contributed by atoms with Crippen LogP contribution in [-0.4, -0.2) is 37.2 Å². The summed E-state index contributed by atoms with van der Waals surface area (Å²) in [6, 6.07) is 13.6. The first-order valence-electron chi connectivity index (χ1n) is 9.37. The van der Waals surface area contributed by atoms with Gasteiger partial charge in [0.1, 0.15) is 0 Å². The molecule has 1 aromatic heterocycles. The standard InChI is InChI=1S/C22H23N3O2S/c1-15-3-4-18(13-16(15)2)21(26)23-19-7-5-17(6-8-19)20-14-28-22(24-20)25-9-11-27-12-10-25/h3-8,13-14H,9-12H2,1-2H3,(H,23,26). The molecule has 0 unspecified atom stereocenters. The lowest BCUT2D eigenvalue weighted by Crippen LogP contribution is -2.36. The fourth-order valence-electron chi connectivity index (χ4n) is 3.11. The van der Waals surface area contributed by atoms with E-state index in [-0.39, 0.29) is 5.91 Å². The zero-order valence-corrected chi connectivity index (χ0v) is 16.9. The van der Waals surface area contributed by atoms with Gasteiger partial charge in [-0.3, -0.25) is 4.79 Å². The summed E-state index contributed by atoms with van der Waals surface area (Å²) in [4.78, 5) is 19.5. The molecule has 0 spiro atoms. The molecule has 4 rings (SSSR count). The molecule has 0 atom stereocenters. The van der Waals surface area contributed by atoms with Gasteiger partial charge < -0.3 is 15.0 Å². The van der Waals surface area contributed by atoms with E-state index in [1.54, 1.807) is 11.3 Å². The lowest BCUT2D eigenvalue weighted by atomic mass is 10.1. The van der Waals surface area contributed by atoms with Crippen LogP contribution in [0.3, 0.4) is 0 Å². The van der Waals surface area contributed by atoms with Crippen LogP contribution in [0.5, 0.6) is 0 Å². The summed E-state index contributed by atoms with van der Waals surface area (Å²) < 4.78 is 5.40. The van der Waals surface area contributed by atoms with Gasteiger partial charge in [-0.25, -0.2) is 4.98 Å². The Bertz CT molecular complexity index is 976. The summed E-state index contributed by atoms with van der Waals surface area (Å²) >= 11 is 1.66. The van der Waals surface area contributed by atoms with Crippen LogP contribution >= 0.6 is 11.3 Å². The number of nitrogens with one attached hydrogen (secondary N) is 1. The van der Waals surface area contributed by atoms with Gasteiger partial charge in [-0.15, -0.1) is 11.3 Å². The lowest BCUT2D eigenvalue weighted by molar-refractivity contribution is 0.102. The summed E-state index contributed by atoms with van der Waals surface area (Å²) in [6.45, 7) is 7.33. The summed E-state index contributed by atoms with van der Waals surface area (Å²) in [5.74, 6) is -0.0980. The average molecular weight is 394 g/mol. The Morgan fingerprint density at radius 3 is 2.54 bits per heavy atom. The van der Waals surface area contributed by atoms with Crippen LogP contribution < -0.4 is 10.2 Å². The van der Waals surface area contributed by atoms with Gasteiger partial charge >= 0.3 is 0 Å². The van der Waals surface area contributed by atoms with Crippen molar-refractivity contribution in [2.45, 2.75) is 13.8 Å². The van der Waals surface area contributed by atoms with Crippen molar-refractivity contribution >= 4 is 28.1 Å². The van der Waals surface area contributed by atoms with Crippen molar-refractivity contribution < 1.29 is 9.53 Å². The SMILES string of the molecule is Cc1ccc(C(=O)Nc2ccc(-c3csc(N4CCOCC4)n3)cc2)cc1C. The number of aromatic nitrogens is 1. The molecule has 0 bridgehead atoms. The lowest BCUT2D eigenvalue weighted by Gasteiger charge is -2.26. The molecule has 144 valence electrons. The van der Waals surface area contributed by atoms with E-state index in [1.165, 1.54) is 5.56 Å². The maximum absolute atomic E-state index is 12.5. The Balaban J connectivity index is 1.44. The molecule has 1 aliphatic rings. The summed E-state index contributed by atoms with van der Waals surface area (Å²) in [5, 5.41) is 6.07. The number of aryl methyl sites for hydroxylation is 2. The maximum Gasteiger partial charge on any atom is 0.255 e. The fraction of sp³-hybridized carbons (Fsp3) is 0.273. The van der Waals surface area contributed by atoms with E-state index < -0.39 is 0 Å². The number of thiazole rings is 1. The van der Waals surface area contributed by atoms with Crippen molar-refractivity contribution in [2.75, 3.05) is 36.5 Å². The predicted molar refractivity (Wildman–Crippen MR) is 114 cm³/mol. The molecule has 1 amide bonds. The van der Waals surface area contributed by atoms with Crippen LogP contribution in [0.2, 0.25) is 0 Å². The highest BCUT2D eigenvalue weighted by Gasteiger charge is 2.15. The second kappa shape index (κ2) is 8.12. The largest absolute Gasteiger partial charge is 0.378 e. The normalized spacial score (nSPS) is 14.1. The van der Waals surface area contributed by atoms with Crippen LogP contribution in [0.15, 0.2) is 47.8 Å². The molecule has 0 aliphatic carbocycles. The minimum absolute atomic E-state index is 0.0980.